The van der Waals surface area contributed by atoms with Crippen LogP contribution in [-0.4, -0.2) is 40.8 Å². The standard InChI is InChI=1S/C19H13Br2N3O3/c20-9-5-12-15(19(25)23-16(12)13(21)6-9)18-17(24-27-8-10-7-26-10)11-3-1-2-4-14(11)22-18/h1-6,10,23,25H,7-8H2/b24-17+. The lowest BCUT2D eigenvalue weighted by molar-refractivity contribution is 0.125. The molecule has 0 bridgehead atoms. The lowest BCUT2D eigenvalue weighted by atomic mass is 10.0. The molecule has 1 atom stereocenters. The molecule has 2 aliphatic rings. The van der Waals surface area contributed by atoms with Gasteiger partial charge in [-0.25, -0.2) is 4.99 Å². The molecule has 0 amide bonds. The highest BCUT2D eigenvalue weighted by atomic mass is 79.9. The maximum absolute atomic E-state index is 10.6. The molecule has 1 saturated heterocycles. The highest BCUT2D eigenvalue weighted by molar-refractivity contribution is 9.11. The first-order valence-electron chi connectivity index (χ1n) is 8.32. The highest BCUT2D eigenvalue weighted by Crippen LogP contribution is 2.39. The third-order valence-electron chi connectivity index (χ3n) is 4.48. The molecule has 27 heavy (non-hydrogen) atoms. The monoisotopic (exact) mass is 489 g/mol. The van der Waals surface area contributed by atoms with Crippen molar-refractivity contribution in [1.82, 2.24) is 4.98 Å². The predicted molar refractivity (Wildman–Crippen MR) is 110 cm³/mol. The van der Waals surface area contributed by atoms with Gasteiger partial charge in [0, 0.05) is 19.9 Å². The summed E-state index contributed by atoms with van der Waals surface area (Å²) in [5, 5.41) is 15.8. The first-order valence-corrected chi connectivity index (χ1v) is 9.90. The summed E-state index contributed by atoms with van der Waals surface area (Å²) < 4.78 is 6.89. The fourth-order valence-corrected chi connectivity index (χ4v) is 4.46. The molecule has 3 heterocycles. The van der Waals surface area contributed by atoms with Crippen molar-refractivity contribution in [1.29, 1.82) is 0 Å². The average Bonchev–Trinajstić information content (AvgIpc) is 3.31. The molecular formula is C19H13Br2N3O3. The number of aromatic nitrogens is 1. The number of H-pyrrole nitrogens is 1. The molecule has 2 N–H and O–H groups in total. The summed E-state index contributed by atoms with van der Waals surface area (Å²) >= 11 is 7.04. The van der Waals surface area contributed by atoms with E-state index < -0.39 is 0 Å². The molecule has 2 aromatic carbocycles. The van der Waals surface area contributed by atoms with Crippen LogP contribution in [0.3, 0.4) is 0 Å². The molecule has 6 nitrogen and oxygen atoms in total. The van der Waals surface area contributed by atoms with Crippen molar-refractivity contribution < 1.29 is 14.7 Å². The first-order chi connectivity index (χ1) is 13.1. The van der Waals surface area contributed by atoms with E-state index in [0.717, 1.165) is 31.1 Å². The van der Waals surface area contributed by atoms with Crippen LogP contribution in [-0.2, 0) is 9.57 Å². The lowest BCUT2D eigenvalue weighted by Crippen LogP contribution is -2.14. The number of epoxide rings is 1. The van der Waals surface area contributed by atoms with E-state index in [9.17, 15) is 5.11 Å². The zero-order valence-electron chi connectivity index (χ0n) is 13.9. The molecular weight excluding hydrogens is 478 g/mol. The molecule has 3 aromatic rings. The number of benzene rings is 2. The average molecular weight is 491 g/mol. The number of nitrogens with one attached hydrogen (secondary N) is 1. The highest BCUT2D eigenvalue weighted by Gasteiger charge is 2.30. The summed E-state index contributed by atoms with van der Waals surface area (Å²) in [5.74, 6) is 0.0357. The van der Waals surface area contributed by atoms with Gasteiger partial charge in [0.2, 0.25) is 0 Å². The van der Waals surface area contributed by atoms with E-state index in [1.165, 1.54) is 0 Å². The first kappa shape index (κ1) is 17.0. The Labute approximate surface area is 171 Å². The van der Waals surface area contributed by atoms with Gasteiger partial charge in [0.25, 0.3) is 0 Å². The van der Waals surface area contributed by atoms with Crippen LogP contribution in [0.25, 0.3) is 10.9 Å². The Kier molecular flexibility index (Phi) is 4.07. The molecule has 1 unspecified atom stereocenters. The van der Waals surface area contributed by atoms with Crippen LogP contribution in [0.1, 0.15) is 11.1 Å². The number of halogens is 2. The topological polar surface area (TPSA) is 82.5 Å². The molecule has 1 fully saturated rings. The Hall–Kier alpha value is -2.16. The molecule has 2 aliphatic heterocycles. The second-order valence-electron chi connectivity index (χ2n) is 6.33. The third-order valence-corrected chi connectivity index (χ3v) is 5.56. The smallest absolute Gasteiger partial charge is 0.199 e. The van der Waals surface area contributed by atoms with Gasteiger partial charge in [0.05, 0.1) is 23.4 Å². The molecule has 8 heteroatoms. The maximum Gasteiger partial charge on any atom is 0.199 e. The Morgan fingerprint density at radius 1 is 1.30 bits per heavy atom. The van der Waals surface area contributed by atoms with Gasteiger partial charge in [-0.2, -0.15) is 0 Å². The van der Waals surface area contributed by atoms with Gasteiger partial charge in [-0.1, -0.05) is 39.3 Å². The Morgan fingerprint density at radius 3 is 2.93 bits per heavy atom. The van der Waals surface area contributed by atoms with E-state index in [1.54, 1.807) is 0 Å². The van der Waals surface area contributed by atoms with Crippen molar-refractivity contribution in [2.75, 3.05) is 13.2 Å². The number of fused-ring (bicyclic) bond motifs is 2. The molecule has 136 valence electrons. The van der Waals surface area contributed by atoms with Crippen LogP contribution in [0.5, 0.6) is 5.88 Å². The molecule has 1 aromatic heterocycles. The molecule has 0 radical (unpaired) electrons. The van der Waals surface area contributed by atoms with E-state index in [-0.39, 0.29) is 12.0 Å². The number of hydrogen-bond donors (Lipinski definition) is 2. The molecule has 0 aliphatic carbocycles. The minimum Gasteiger partial charge on any atom is -0.494 e. The normalized spacial score (nSPS) is 19.4. The fourth-order valence-electron chi connectivity index (χ4n) is 3.13. The Balaban J connectivity index is 1.67. The molecule has 0 saturated carbocycles. The summed E-state index contributed by atoms with van der Waals surface area (Å²) in [6, 6.07) is 11.6. The van der Waals surface area contributed by atoms with Crippen molar-refractivity contribution in [2.24, 2.45) is 10.1 Å². The van der Waals surface area contributed by atoms with Crippen LogP contribution >= 0.6 is 31.9 Å². The van der Waals surface area contributed by atoms with E-state index in [0.29, 0.717) is 30.2 Å². The Morgan fingerprint density at radius 2 is 2.11 bits per heavy atom. The van der Waals surface area contributed by atoms with Gasteiger partial charge in [-0.3, -0.25) is 0 Å². The van der Waals surface area contributed by atoms with Gasteiger partial charge in [-0.15, -0.1) is 0 Å². The zero-order valence-corrected chi connectivity index (χ0v) is 17.0. The predicted octanol–water partition coefficient (Wildman–Crippen LogP) is 4.65. The fraction of sp³-hybridized carbons (Fsp3) is 0.158. The second kappa shape index (κ2) is 6.47. The van der Waals surface area contributed by atoms with E-state index in [4.69, 9.17) is 14.6 Å². The van der Waals surface area contributed by atoms with E-state index >= 15 is 0 Å². The Bertz CT molecular complexity index is 1130. The van der Waals surface area contributed by atoms with Crippen molar-refractivity contribution in [2.45, 2.75) is 6.10 Å². The largest absolute Gasteiger partial charge is 0.494 e. The van der Waals surface area contributed by atoms with Crippen LogP contribution < -0.4 is 0 Å². The number of aliphatic imine (C=N–C) groups is 1. The number of aromatic hydroxyl groups is 1. The van der Waals surface area contributed by atoms with Gasteiger partial charge >= 0.3 is 0 Å². The quantitative estimate of drug-likeness (QED) is 0.412. The summed E-state index contributed by atoms with van der Waals surface area (Å²) in [6.45, 7) is 1.10. The SMILES string of the molecule is Oc1[nH]c2c(Br)cc(Br)cc2c1C1=Nc2ccccc2/C1=N\OCC1CO1. The lowest BCUT2D eigenvalue weighted by Gasteiger charge is -2.05. The summed E-state index contributed by atoms with van der Waals surface area (Å²) in [4.78, 5) is 13.2. The number of ether oxygens (including phenoxy) is 1. The van der Waals surface area contributed by atoms with Crippen molar-refractivity contribution >= 4 is 59.9 Å². The third kappa shape index (κ3) is 2.97. The van der Waals surface area contributed by atoms with Gasteiger partial charge in [0.15, 0.2) is 5.88 Å². The minimum absolute atomic E-state index is 0.0357. The summed E-state index contributed by atoms with van der Waals surface area (Å²) in [6.07, 6.45) is 0.111. The van der Waals surface area contributed by atoms with Crippen molar-refractivity contribution in [3.05, 3.63) is 56.5 Å². The maximum atomic E-state index is 10.6. The van der Waals surface area contributed by atoms with Gasteiger partial charge < -0.3 is 19.7 Å². The van der Waals surface area contributed by atoms with Crippen LogP contribution in [0, 0.1) is 0 Å². The van der Waals surface area contributed by atoms with Crippen molar-refractivity contribution in [3.8, 4) is 5.88 Å². The molecule has 5 rings (SSSR count). The zero-order chi connectivity index (χ0) is 18.5. The number of nitrogens with zero attached hydrogens (tertiary/aromatic N) is 2. The van der Waals surface area contributed by atoms with E-state index in [1.807, 2.05) is 36.4 Å². The second-order valence-corrected chi connectivity index (χ2v) is 8.10. The number of aromatic amines is 1. The number of oxime groups is 1. The van der Waals surface area contributed by atoms with Crippen molar-refractivity contribution in [3.63, 3.8) is 0 Å². The van der Waals surface area contributed by atoms with Crippen LogP contribution in [0.2, 0.25) is 0 Å². The molecule has 0 spiro atoms. The number of hydrogen-bond acceptors (Lipinski definition) is 5. The van der Waals surface area contributed by atoms with Gasteiger partial charge in [-0.05, 0) is 34.1 Å². The summed E-state index contributed by atoms with van der Waals surface area (Å²) in [7, 11) is 0. The van der Waals surface area contributed by atoms with Gasteiger partial charge in [0.1, 0.15) is 24.1 Å². The number of rotatable bonds is 4. The number of para-hydroxylation sites is 1. The van der Waals surface area contributed by atoms with Crippen LogP contribution in [0.4, 0.5) is 5.69 Å². The van der Waals surface area contributed by atoms with Crippen LogP contribution in [0.15, 0.2) is 55.5 Å². The van der Waals surface area contributed by atoms with E-state index in [2.05, 4.69) is 42.0 Å². The minimum atomic E-state index is 0.0357. The summed E-state index contributed by atoms with van der Waals surface area (Å²) in [5.41, 5.74) is 4.21.